The summed E-state index contributed by atoms with van der Waals surface area (Å²) in [5.41, 5.74) is 2.08. The SMILES string of the molecule is CC(C)COc1ccc(CN2CC(c3ccc(F)cc3)N(C3CCN(C)CC3)C2=O)cc1. The average molecular weight is 440 g/mol. The lowest BCUT2D eigenvalue weighted by Crippen LogP contribution is -2.46. The lowest BCUT2D eigenvalue weighted by Gasteiger charge is -2.37. The first-order chi connectivity index (χ1) is 15.4. The zero-order chi connectivity index (χ0) is 22.7. The van der Waals surface area contributed by atoms with Gasteiger partial charge in [0.05, 0.1) is 12.6 Å². The van der Waals surface area contributed by atoms with E-state index in [1.165, 1.54) is 12.1 Å². The summed E-state index contributed by atoms with van der Waals surface area (Å²) in [5.74, 6) is 1.08. The van der Waals surface area contributed by atoms with Gasteiger partial charge in [0, 0.05) is 19.1 Å². The summed E-state index contributed by atoms with van der Waals surface area (Å²) < 4.78 is 19.3. The molecule has 0 aliphatic carbocycles. The van der Waals surface area contributed by atoms with E-state index in [0.717, 1.165) is 42.8 Å². The van der Waals surface area contributed by atoms with Crippen LogP contribution in [0.5, 0.6) is 5.75 Å². The Morgan fingerprint density at radius 3 is 2.31 bits per heavy atom. The molecule has 32 heavy (non-hydrogen) atoms. The zero-order valence-electron chi connectivity index (χ0n) is 19.3. The number of urea groups is 1. The van der Waals surface area contributed by atoms with Crippen LogP contribution in [-0.2, 0) is 6.54 Å². The highest BCUT2D eigenvalue weighted by Gasteiger charge is 2.42. The Balaban J connectivity index is 1.50. The van der Waals surface area contributed by atoms with E-state index >= 15 is 0 Å². The Morgan fingerprint density at radius 1 is 1.03 bits per heavy atom. The lowest BCUT2D eigenvalue weighted by molar-refractivity contribution is 0.122. The van der Waals surface area contributed by atoms with Crippen molar-refractivity contribution >= 4 is 6.03 Å². The van der Waals surface area contributed by atoms with Crippen LogP contribution in [0.3, 0.4) is 0 Å². The minimum Gasteiger partial charge on any atom is -0.493 e. The number of hydrogen-bond acceptors (Lipinski definition) is 3. The molecule has 2 aromatic rings. The second kappa shape index (κ2) is 9.90. The third-order valence-corrected chi connectivity index (χ3v) is 6.44. The minimum atomic E-state index is -0.249. The Kier molecular flexibility index (Phi) is 6.99. The van der Waals surface area contributed by atoms with Gasteiger partial charge in [-0.05, 0) is 74.3 Å². The van der Waals surface area contributed by atoms with Crippen molar-refractivity contribution in [2.75, 3.05) is 33.3 Å². The van der Waals surface area contributed by atoms with Gasteiger partial charge in [0.15, 0.2) is 0 Å². The number of rotatable bonds is 7. The quantitative estimate of drug-likeness (QED) is 0.614. The highest BCUT2D eigenvalue weighted by Crippen LogP contribution is 2.35. The molecule has 0 bridgehead atoms. The fourth-order valence-corrected chi connectivity index (χ4v) is 4.61. The van der Waals surface area contributed by atoms with Gasteiger partial charge in [0.2, 0.25) is 0 Å². The van der Waals surface area contributed by atoms with Gasteiger partial charge in [0.25, 0.3) is 0 Å². The monoisotopic (exact) mass is 439 g/mol. The number of piperidine rings is 1. The molecule has 1 unspecified atom stereocenters. The molecular weight excluding hydrogens is 405 g/mol. The number of hydrogen-bond donors (Lipinski definition) is 0. The number of nitrogens with zero attached hydrogens (tertiary/aromatic N) is 3. The van der Waals surface area contributed by atoms with Gasteiger partial charge in [0.1, 0.15) is 11.6 Å². The summed E-state index contributed by atoms with van der Waals surface area (Å²) in [6, 6.07) is 14.9. The molecule has 172 valence electrons. The maximum atomic E-state index is 13.5. The van der Waals surface area contributed by atoms with Crippen LogP contribution >= 0.6 is 0 Å². The first-order valence-corrected chi connectivity index (χ1v) is 11.6. The van der Waals surface area contributed by atoms with Gasteiger partial charge in [-0.25, -0.2) is 9.18 Å². The van der Waals surface area contributed by atoms with Gasteiger partial charge < -0.3 is 19.4 Å². The van der Waals surface area contributed by atoms with E-state index in [1.54, 1.807) is 0 Å². The topological polar surface area (TPSA) is 36.0 Å². The van der Waals surface area contributed by atoms with E-state index in [4.69, 9.17) is 4.74 Å². The van der Waals surface area contributed by atoms with Crippen LogP contribution in [0.25, 0.3) is 0 Å². The van der Waals surface area contributed by atoms with Crippen LogP contribution < -0.4 is 4.74 Å². The van der Waals surface area contributed by atoms with E-state index in [2.05, 4.69) is 30.7 Å². The normalized spacial score (nSPS) is 20.4. The van der Waals surface area contributed by atoms with Gasteiger partial charge in [-0.15, -0.1) is 0 Å². The molecule has 2 heterocycles. The van der Waals surface area contributed by atoms with Gasteiger partial charge in [-0.2, -0.15) is 0 Å². The second-order valence-electron chi connectivity index (χ2n) is 9.52. The Labute approximate surface area is 190 Å². The molecule has 6 heteroatoms. The number of amides is 2. The minimum absolute atomic E-state index is 0.0508. The molecule has 2 aliphatic rings. The highest BCUT2D eigenvalue weighted by atomic mass is 19.1. The summed E-state index contributed by atoms with van der Waals surface area (Å²) in [6.45, 7) is 8.09. The van der Waals surface area contributed by atoms with Gasteiger partial charge in [-0.1, -0.05) is 38.1 Å². The molecular formula is C26H34FN3O2. The molecule has 0 spiro atoms. The molecule has 5 nitrogen and oxygen atoms in total. The first kappa shape index (κ1) is 22.6. The maximum Gasteiger partial charge on any atom is 0.321 e. The summed E-state index contributed by atoms with van der Waals surface area (Å²) in [7, 11) is 2.13. The lowest BCUT2D eigenvalue weighted by atomic mass is 9.99. The predicted octanol–water partition coefficient (Wildman–Crippen LogP) is 4.93. The van der Waals surface area contributed by atoms with Gasteiger partial charge in [-0.3, -0.25) is 0 Å². The molecule has 2 amide bonds. The molecule has 2 fully saturated rings. The average Bonchev–Trinajstić information content (AvgIpc) is 3.10. The van der Waals surface area contributed by atoms with Crippen molar-refractivity contribution in [1.82, 2.24) is 14.7 Å². The molecule has 2 saturated heterocycles. The van der Waals surface area contributed by atoms with Crippen LogP contribution in [0, 0.1) is 11.7 Å². The number of halogens is 1. The zero-order valence-corrected chi connectivity index (χ0v) is 19.3. The Bertz CT molecular complexity index is 892. The van der Waals surface area contributed by atoms with Crippen molar-refractivity contribution in [3.05, 3.63) is 65.5 Å². The van der Waals surface area contributed by atoms with E-state index in [1.807, 2.05) is 41.3 Å². The summed E-state index contributed by atoms with van der Waals surface area (Å²) in [6.07, 6.45) is 1.94. The molecule has 0 aromatic heterocycles. The molecule has 1 atom stereocenters. The van der Waals surface area contributed by atoms with Crippen molar-refractivity contribution in [3.8, 4) is 5.75 Å². The number of carbonyl (C=O) groups is 1. The maximum absolute atomic E-state index is 13.5. The van der Waals surface area contributed by atoms with Crippen LogP contribution in [0.1, 0.15) is 43.9 Å². The third kappa shape index (κ3) is 5.23. The van der Waals surface area contributed by atoms with Crippen LogP contribution in [0.2, 0.25) is 0 Å². The van der Waals surface area contributed by atoms with Crippen LogP contribution in [0.15, 0.2) is 48.5 Å². The summed E-state index contributed by atoms with van der Waals surface area (Å²) >= 11 is 0. The van der Waals surface area contributed by atoms with E-state index < -0.39 is 0 Å². The number of benzene rings is 2. The smallest absolute Gasteiger partial charge is 0.321 e. The predicted molar refractivity (Wildman–Crippen MR) is 124 cm³/mol. The Morgan fingerprint density at radius 2 is 1.69 bits per heavy atom. The van der Waals surface area contributed by atoms with E-state index in [0.29, 0.717) is 25.6 Å². The highest BCUT2D eigenvalue weighted by molar-refractivity contribution is 5.78. The molecule has 0 radical (unpaired) electrons. The fraction of sp³-hybridized carbons (Fsp3) is 0.500. The van der Waals surface area contributed by atoms with Crippen molar-refractivity contribution in [1.29, 1.82) is 0 Å². The Hall–Kier alpha value is -2.60. The fourth-order valence-electron chi connectivity index (χ4n) is 4.61. The molecule has 0 N–H and O–H groups in total. The summed E-state index contributed by atoms with van der Waals surface area (Å²) in [5, 5.41) is 0. The number of ether oxygens (including phenoxy) is 1. The van der Waals surface area contributed by atoms with Crippen molar-refractivity contribution < 1.29 is 13.9 Å². The third-order valence-electron chi connectivity index (χ3n) is 6.44. The molecule has 2 aliphatic heterocycles. The number of likely N-dealkylation sites (tertiary alicyclic amines) is 1. The van der Waals surface area contributed by atoms with E-state index in [-0.39, 0.29) is 23.9 Å². The van der Waals surface area contributed by atoms with Crippen molar-refractivity contribution in [3.63, 3.8) is 0 Å². The van der Waals surface area contributed by atoms with Crippen LogP contribution in [0.4, 0.5) is 9.18 Å². The molecule has 0 saturated carbocycles. The summed E-state index contributed by atoms with van der Waals surface area (Å²) in [4.78, 5) is 19.8. The second-order valence-corrected chi connectivity index (χ2v) is 9.52. The first-order valence-electron chi connectivity index (χ1n) is 11.6. The van der Waals surface area contributed by atoms with Crippen LogP contribution in [-0.4, -0.2) is 60.1 Å². The van der Waals surface area contributed by atoms with Crippen molar-refractivity contribution in [2.45, 2.75) is 45.3 Å². The number of carbonyl (C=O) groups excluding carboxylic acids is 1. The van der Waals surface area contributed by atoms with Crippen molar-refractivity contribution in [2.24, 2.45) is 5.92 Å². The molecule has 4 rings (SSSR count). The molecule has 2 aromatic carbocycles. The standard InChI is InChI=1S/C26H34FN3O2/c1-19(2)18-32-24-10-4-20(5-11-24)16-29-17-25(21-6-8-22(27)9-7-21)30(26(29)31)23-12-14-28(3)15-13-23/h4-11,19,23,25H,12-18H2,1-3H3. The largest absolute Gasteiger partial charge is 0.493 e. The van der Waals surface area contributed by atoms with E-state index in [9.17, 15) is 9.18 Å². The van der Waals surface area contributed by atoms with Gasteiger partial charge >= 0.3 is 6.03 Å².